The topological polar surface area (TPSA) is 76.4 Å². The smallest absolute Gasteiger partial charge is 0.319 e. The largest absolute Gasteiger partial charge is 0.399 e. The van der Waals surface area contributed by atoms with Crippen LogP contribution in [0.4, 0.5) is 16.2 Å². The van der Waals surface area contributed by atoms with Crippen LogP contribution in [0.2, 0.25) is 0 Å². The Kier molecular flexibility index (Phi) is 3.49. The summed E-state index contributed by atoms with van der Waals surface area (Å²) >= 11 is 0. The number of urea groups is 1. The predicted octanol–water partition coefficient (Wildman–Crippen LogP) is 1.49. The standard InChI is InChI=1S/C12H17N3O2/c1-8-2-3-9(13)6-11(8)15-12(16)14-10-4-5-17-7-10/h2-3,6,10H,4-5,7,13H2,1H3,(H2,14,15,16). The summed E-state index contributed by atoms with van der Waals surface area (Å²) in [7, 11) is 0. The number of nitrogen functional groups attached to an aromatic ring is 1. The fourth-order valence-corrected chi connectivity index (χ4v) is 1.77. The number of nitrogens with one attached hydrogen (secondary N) is 2. The molecule has 92 valence electrons. The quantitative estimate of drug-likeness (QED) is 0.680. The lowest BCUT2D eigenvalue weighted by molar-refractivity contribution is 0.189. The summed E-state index contributed by atoms with van der Waals surface area (Å²) in [5.74, 6) is 0. The first-order chi connectivity index (χ1) is 8.15. The number of carbonyl (C=O) groups excluding carboxylic acids is 1. The van der Waals surface area contributed by atoms with Crippen molar-refractivity contribution in [2.24, 2.45) is 0 Å². The second-order valence-corrected chi connectivity index (χ2v) is 4.23. The van der Waals surface area contributed by atoms with E-state index in [4.69, 9.17) is 10.5 Å². The normalized spacial score (nSPS) is 19.0. The van der Waals surface area contributed by atoms with Crippen LogP contribution >= 0.6 is 0 Å². The number of benzene rings is 1. The molecule has 2 rings (SSSR count). The number of nitrogens with two attached hydrogens (primary N) is 1. The second kappa shape index (κ2) is 5.05. The number of aryl methyl sites for hydroxylation is 1. The fourth-order valence-electron chi connectivity index (χ4n) is 1.77. The molecule has 1 aromatic carbocycles. The van der Waals surface area contributed by atoms with Gasteiger partial charge in [0, 0.05) is 18.0 Å². The molecule has 5 heteroatoms. The van der Waals surface area contributed by atoms with Gasteiger partial charge in [-0.3, -0.25) is 0 Å². The van der Waals surface area contributed by atoms with Crippen molar-refractivity contribution in [3.8, 4) is 0 Å². The van der Waals surface area contributed by atoms with E-state index >= 15 is 0 Å². The van der Waals surface area contributed by atoms with E-state index in [9.17, 15) is 4.79 Å². The van der Waals surface area contributed by atoms with Gasteiger partial charge in [0.05, 0.1) is 12.6 Å². The molecule has 1 heterocycles. The Morgan fingerprint density at radius 3 is 3.06 bits per heavy atom. The van der Waals surface area contributed by atoms with Crippen LogP contribution in [0, 0.1) is 6.92 Å². The molecule has 0 saturated carbocycles. The van der Waals surface area contributed by atoms with Gasteiger partial charge in [-0.2, -0.15) is 0 Å². The van der Waals surface area contributed by atoms with Crippen LogP contribution in [0.25, 0.3) is 0 Å². The highest BCUT2D eigenvalue weighted by atomic mass is 16.5. The van der Waals surface area contributed by atoms with Gasteiger partial charge in [0.2, 0.25) is 0 Å². The minimum absolute atomic E-state index is 0.108. The van der Waals surface area contributed by atoms with Crippen LogP contribution in [0.15, 0.2) is 18.2 Å². The van der Waals surface area contributed by atoms with E-state index in [-0.39, 0.29) is 12.1 Å². The average molecular weight is 235 g/mol. The maximum absolute atomic E-state index is 11.7. The van der Waals surface area contributed by atoms with Crippen LogP contribution in [0.3, 0.4) is 0 Å². The van der Waals surface area contributed by atoms with Crippen LogP contribution < -0.4 is 16.4 Å². The summed E-state index contributed by atoms with van der Waals surface area (Å²) < 4.78 is 5.19. The Morgan fingerprint density at radius 1 is 1.53 bits per heavy atom. The van der Waals surface area contributed by atoms with Crippen molar-refractivity contribution in [2.75, 3.05) is 24.3 Å². The number of carbonyl (C=O) groups is 1. The number of amides is 2. The zero-order chi connectivity index (χ0) is 12.3. The number of rotatable bonds is 2. The van der Waals surface area contributed by atoms with Crippen molar-refractivity contribution in [1.82, 2.24) is 5.32 Å². The summed E-state index contributed by atoms with van der Waals surface area (Å²) in [5.41, 5.74) is 8.03. The number of hydrogen-bond donors (Lipinski definition) is 3. The second-order valence-electron chi connectivity index (χ2n) is 4.23. The van der Waals surface area contributed by atoms with Crippen molar-refractivity contribution in [1.29, 1.82) is 0 Å². The van der Waals surface area contributed by atoms with E-state index < -0.39 is 0 Å². The number of anilines is 2. The monoisotopic (exact) mass is 235 g/mol. The molecule has 0 aromatic heterocycles. The highest BCUT2D eigenvalue weighted by Crippen LogP contribution is 2.18. The Labute approximate surface area is 100 Å². The van der Waals surface area contributed by atoms with Gasteiger partial charge in [-0.05, 0) is 31.0 Å². The minimum atomic E-state index is -0.214. The van der Waals surface area contributed by atoms with Gasteiger partial charge in [0.25, 0.3) is 0 Å². The molecular formula is C12H17N3O2. The third-order valence-corrected chi connectivity index (χ3v) is 2.77. The van der Waals surface area contributed by atoms with E-state index in [0.717, 1.165) is 17.7 Å². The molecule has 1 unspecified atom stereocenters. The molecule has 0 bridgehead atoms. The molecule has 1 saturated heterocycles. The maximum Gasteiger partial charge on any atom is 0.319 e. The van der Waals surface area contributed by atoms with Crippen LogP contribution in [-0.2, 0) is 4.74 Å². The Balaban J connectivity index is 1.95. The number of ether oxygens (including phenoxy) is 1. The maximum atomic E-state index is 11.7. The van der Waals surface area contributed by atoms with Gasteiger partial charge in [-0.25, -0.2) is 4.79 Å². The van der Waals surface area contributed by atoms with Gasteiger partial charge >= 0.3 is 6.03 Å². The Bertz CT molecular complexity index is 414. The molecular weight excluding hydrogens is 218 g/mol. The molecule has 17 heavy (non-hydrogen) atoms. The number of hydrogen-bond acceptors (Lipinski definition) is 3. The molecule has 5 nitrogen and oxygen atoms in total. The molecule has 0 spiro atoms. The zero-order valence-corrected chi connectivity index (χ0v) is 9.82. The van der Waals surface area contributed by atoms with Crippen molar-refractivity contribution in [3.63, 3.8) is 0 Å². The Hall–Kier alpha value is -1.75. The average Bonchev–Trinajstić information content (AvgIpc) is 2.76. The minimum Gasteiger partial charge on any atom is -0.399 e. The third-order valence-electron chi connectivity index (χ3n) is 2.77. The highest BCUT2D eigenvalue weighted by Gasteiger charge is 2.17. The van der Waals surface area contributed by atoms with Gasteiger partial charge in [0.15, 0.2) is 0 Å². The molecule has 1 aliphatic heterocycles. The summed E-state index contributed by atoms with van der Waals surface area (Å²) in [4.78, 5) is 11.7. The molecule has 1 atom stereocenters. The van der Waals surface area contributed by atoms with Crippen molar-refractivity contribution >= 4 is 17.4 Å². The molecule has 4 N–H and O–H groups in total. The van der Waals surface area contributed by atoms with Crippen LogP contribution in [-0.4, -0.2) is 25.3 Å². The van der Waals surface area contributed by atoms with Crippen molar-refractivity contribution in [3.05, 3.63) is 23.8 Å². The summed E-state index contributed by atoms with van der Waals surface area (Å²) in [6.45, 7) is 3.22. The first-order valence-corrected chi connectivity index (χ1v) is 5.66. The lowest BCUT2D eigenvalue weighted by Gasteiger charge is -2.13. The van der Waals surface area contributed by atoms with Crippen molar-refractivity contribution < 1.29 is 9.53 Å². The Morgan fingerprint density at radius 2 is 2.35 bits per heavy atom. The molecule has 0 aliphatic carbocycles. The first-order valence-electron chi connectivity index (χ1n) is 5.66. The van der Waals surface area contributed by atoms with Crippen molar-refractivity contribution in [2.45, 2.75) is 19.4 Å². The first kappa shape index (κ1) is 11.7. The molecule has 1 aliphatic rings. The van der Waals surface area contributed by atoms with Gasteiger partial charge in [-0.1, -0.05) is 6.07 Å². The van der Waals surface area contributed by atoms with E-state index in [0.29, 0.717) is 18.9 Å². The zero-order valence-electron chi connectivity index (χ0n) is 9.82. The van der Waals surface area contributed by atoms with Crippen LogP contribution in [0.1, 0.15) is 12.0 Å². The van der Waals surface area contributed by atoms with Gasteiger partial charge in [0.1, 0.15) is 0 Å². The van der Waals surface area contributed by atoms with E-state index in [1.165, 1.54) is 0 Å². The third kappa shape index (κ3) is 3.10. The summed E-state index contributed by atoms with van der Waals surface area (Å²) in [6.07, 6.45) is 0.864. The molecule has 2 amide bonds. The molecule has 1 aromatic rings. The summed E-state index contributed by atoms with van der Waals surface area (Å²) in [5, 5.41) is 5.65. The SMILES string of the molecule is Cc1ccc(N)cc1NC(=O)NC1CCOC1. The van der Waals surface area contributed by atoms with Gasteiger partial charge < -0.3 is 21.1 Å². The van der Waals surface area contributed by atoms with Gasteiger partial charge in [-0.15, -0.1) is 0 Å². The predicted molar refractivity (Wildman–Crippen MR) is 67.0 cm³/mol. The highest BCUT2D eigenvalue weighted by molar-refractivity contribution is 5.90. The van der Waals surface area contributed by atoms with E-state index in [1.54, 1.807) is 6.07 Å². The summed E-state index contributed by atoms with van der Waals surface area (Å²) in [6, 6.07) is 5.33. The lowest BCUT2D eigenvalue weighted by atomic mass is 10.2. The van der Waals surface area contributed by atoms with E-state index in [1.807, 2.05) is 19.1 Å². The van der Waals surface area contributed by atoms with Crippen LogP contribution in [0.5, 0.6) is 0 Å². The lowest BCUT2D eigenvalue weighted by Crippen LogP contribution is -2.38. The molecule has 1 fully saturated rings. The fraction of sp³-hybridized carbons (Fsp3) is 0.417. The van der Waals surface area contributed by atoms with E-state index in [2.05, 4.69) is 10.6 Å². The molecule has 0 radical (unpaired) electrons.